The Balaban J connectivity index is 1.48. The van der Waals surface area contributed by atoms with Crippen molar-refractivity contribution in [1.82, 2.24) is 0 Å². The van der Waals surface area contributed by atoms with Gasteiger partial charge in [-0.2, -0.15) is 0 Å². The van der Waals surface area contributed by atoms with Gasteiger partial charge in [0, 0.05) is 11.5 Å². The molecule has 0 aliphatic heterocycles. The van der Waals surface area contributed by atoms with Crippen LogP contribution in [0.25, 0.3) is 11.1 Å². The van der Waals surface area contributed by atoms with E-state index in [2.05, 4.69) is 0 Å². The summed E-state index contributed by atoms with van der Waals surface area (Å²) in [5.41, 5.74) is 3.99. The fourth-order valence-corrected chi connectivity index (χ4v) is 3.88. The molecule has 1 unspecified atom stereocenters. The molecule has 0 fully saturated rings. The van der Waals surface area contributed by atoms with Crippen molar-refractivity contribution in [3.05, 3.63) is 89.2 Å². The van der Waals surface area contributed by atoms with E-state index in [9.17, 15) is 14.0 Å². The molecule has 0 N–H and O–H groups in total. The van der Waals surface area contributed by atoms with E-state index in [1.807, 2.05) is 42.5 Å². The van der Waals surface area contributed by atoms with Crippen LogP contribution in [0.4, 0.5) is 4.39 Å². The first-order chi connectivity index (χ1) is 15.0. The minimum absolute atomic E-state index is 0.0366. The van der Waals surface area contributed by atoms with Gasteiger partial charge in [0.05, 0.1) is 13.0 Å². The van der Waals surface area contributed by atoms with Crippen molar-refractivity contribution in [1.29, 1.82) is 0 Å². The maximum absolute atomic E-state index is 14.6. The third-order valence-corrected chi connectivity index (χ3v) is 5.43. The molecule has 4 rings (SSSR count). The molecule has 0 radical (unpaired) electrons. The topological polar surface area (TPSA) is 52.6 Å². The summed E-state index contributed by atoms with van der Waals surface area (Å²) in [6.45, 7) is 2.33. The third-order valence-electron chi connectivity index (χ3n) is 5.43. The lowest BCUT2D eigenvalue weighted by atomic mass is 10.00. The van der Waals surface area contributed by atoms with Crippen molar-refractivity contribution >= 4 is 11.8 Å². The van der Waals surface area contributed by atoms with E-state index in [4.69, 9.17) is 9.47 Å². The van der Waals surface area contributed by atoms with Gasteiger partial charge in [-0.15, -0.1) is 0 Å². The summed E-state index contributed by atoms with van der Waals surface area (Å²) in [4.78, 5) is 24.4. The van der Waals surface area contributed by atoms with Crippen LogP contribution in [0.3, 0.4) is 0 Å². The van der Waals surface area contributed by atoms with E-state index in [1.54, 1.807) is 25.1 Å². The van der Waals surface area contributed by atoms with E-state index in [-0.39, 0.29) is 23.9 Å². The van der Waals surface area contributed by atoms with Crippen LogP contribution in [0.1, 0.15) is 34.8 Å². The maximum atomic E-state index is 14.6. The molecule has 0 saturated heterocycles. The lowest BCUT2D eigenvalue weighted by molar-refractivity contribution is -0.143. The van der Waals surface area contributed by atoms with Crippen LogP contribution in [0.15, 0.2) is 66.7 Å². The van der Waals surface area contributed by atoms with Crippen LogP contribution >= 0.6 is 0 Å². The number of ketones is 1. The number of carbonyl (C=O) groups is 2. The zero-order chi connectivity index (χ0) is 21.8. The van der Waals surface area contributed by atoms with E-state index < -0.39 is 11.7 Å². The lowest BCUT2D eigenvalue weighted by Crippen LogP contribution is -2.16. The number of hydrogen-bond donors (Lipinski definition) is 0. The van der Waals surface area contributed by atoms with E-state index in [0.717, 1.165) is 16.7 Å². The summed E-state index contributed by atoms with van der Waals surface area (Å²) in [5.74, 6) is -1.04. The Kier molecular flexibility index (Phi) is 6.12. The predicted octanol–water partition coefficient (Wildman–Crippen LogP) is 5.38. The van der Waals surface area contributed by atoms with Gasteiger partial charge in [0.2, 0.25) is 0 Å². The van der Waals surface area contributed by atoms with Gasteiger partial charge in [0.15, 0.2) is 17.3 Å². The van der Waals surface area contributed by atoms with Crippen LogP contribution in [0.5, 0.6) is 5.75 Å². The Morgan fingerprint density at radius 1 is 1.03 bits per heavy atom. The van der Waals surface area contributed by atoms with Crippen LogP contribution in [0, 0.1) is 11.7 Å². The molecule has 3 aromatic rings. The molecule has 0 spiro atoms. The average Bonchev–Trinajstić information content (AvgIpc) is 3.08. The van der Waals surface area contributed by atoms with Gasteiger partial charge >= 0.3 is 5.97 Å². The summed E-state index contributed by atoms with van der Waals surface area (Å²) < 4.78 is 25.2. The van der Waals surface area contributed by atoms with Gasteiger partial charge in [-0.3, -0.25) is 9.59 Å². The molecule has 0 bridgehead atoms. The van der Waals surface area contributed by atoms with Gasteiger partial charge in [-0.1, -0.05) is 54.6 Å². The Bertz CT molecular complexity index is 1110. The van der Waals surface area contributed by atoms with Crippen LogP contribution < -0.4 is 4.74 Å². The minimum Gasteiger partial charge on any atom is -0.486 e. The number of ether oxygens (including phenoxy) is 2. The zero-order valence-electron chi connectivity index (χ0n) is 17.3. The van der Waals surface area contributed by atoms with Gasteiger partial charge in [0.1, 0.15) is 6.61 Å². The first kappa shape index (κ1) is 20.8. The molecule has 1 aliphatic rings. The fourth-order valence-electron chi connectivity index (χ4n) is 3.88. The van der Waals surface area contributed by atoms with Gasteiger partial charge < -0.3 is 9.47 Å². The average molecular weight is 418 g/mol. The van der Waals surface area contributed by atoms with E-state index >= 15 is 0 Å². The fraction of sp³-hybridized carbons (Fsp3) is 0.231. The highest BCUT2D eigenvalue weighted by Gasteiger charge is 2.32. The zero-order valence-corrected chi connectivity index (χ0v) is 17.3. The first-order valence-electron chi connectivity index (χ1n) is 10.3. The largest absolute Gasteiger partial charge is 0.486 e. The second-order valence-corrected chi connectivity index (χ2v) is 7.57. The van der Waals surface area contributed by atoms with Gasteiger partial charge in [0.25, 0.3) is 0 Å². The predicted molar refractivity (Wildman–Crippen MR) is 115 cm³/mol. The first-order valence-corrected chi connectivity index (χ1v) is 10.3. The molecular weight excluding hydrogens is 395 g/mol. The highest BCUT2D eigenvalue weighted by atomic mass is 19.1. The molecular formula is C26H23FO4. The molecule has 0 aromatic heterocycles. The molecule has 0 heterocycles. The number of rotatable bonds is 7. The second-order valence-electron chi connectivity index (χ2n) is 7.57. The van der Waals surface area contributed by atoms with Gasteiger partial charge in [-0.05, 0) is 47.7 Å². The second kappa shape index (κ2) is 9.13. The number of halogens is 1. The molecule has 158 valence electrons. The van der Waals surface area contributed by atoms with Crippen molar-refractivity contribution in [2.45, 2.75) is 26.4 Å². The molecule has 31 heavy (non-hydrogen) atoms. The number of hydrogen-bond acceptors (Lipinski definition) is 4. The Morgan fingerprint density at radius 3 is 2.52 bits per heavy atom. The Hall–Kier alpha value is -3.47. The SMILES string of the molecule is CCOC(=O)CC1Cc2cc(-c3ccc(OCc4ccccc4)c(F)c3)ccc2C1=O. The van der Waals surface area contributed by atoms with Crippen molar-refractivity contribution in [2.24, 2.45) is 5.92 Å². The summed E-state index contributed by atoms with van der Waals surface area (Å²) in [7, 11) is 0. The number of benzene rings is 3. The summed E-state index contributed by atoms with van der Waals surface area (Å²) in [6, 6.07) is 19.9. The molecule has 5 heteroatoms. The minimum atomic E-state index is -0.440. The number of esters is 1. The maximum Gasteiger partial charge on any atom is 0.306 e. The van der Waals surface area contributed by atoms with Crippen LogP contribution in [0.2, 0.25) is 0 Å². The molecule has 0 amide bonds. The van der Waals surface area contributed by atoms with Crippen LogP contribution in [-0.4, -0.2) is 18.4 Å². The number of fused-ring (bicyclic) bond motifs is 1. The Morgan fingerprint density at radius 2 is 1.77 bits per heavy atom. The monoisotopic (exact) mass is 418 g/mol. The standard InChI is InChI=1S/C26H23FO4/c1-2-30-25(28)15-21-13-20-12-18(8-10-22(20)26(21)29)19-9-11-24(23(27)14-19)31-16-17-6-4-3-5-7-17/h3-12,14,21H,2,13,15-16H2,1H3. The van der Waals surface area contributed by atoms with Crippen molar-refractivity contribution in [2.75, 3.05) is 6.61 Å². The third kappa shape index (κ3) is 4.66. The van der Waals surface area contributed by atoms with E-state index in [1.165, 1.54) is 6.07 Å². The summed E-state index contributed by atoms with van der Waals surface area (Å²) >= 11 is 0. The van der Waals surface area contributed by atoms with Crippen molar-refractivity contribution in [3.63, 3.8) is 0 Å². The summed E-state index contributed by atoms with van der Waals surface area (Å²) in [6.07, 6.45) is 0.570. The molecule has 1 aliphatic carbocycles. The quantitative estimate of drug-likeness (QED) is 0.484. The Labute approximate surface area is 180 Å². The number of carbonyl (C=O) groups excluding carboxylic acids is 2. The highest BCUT2D eigenvalue weighted by Crippen LogP contribution is 2.34. The van der Waals surface area contributed by atoms with E-state index in [0.29, 0.717) is 30.8 Å². The lowest BCUT2D eigenvalue weighted by Gasteiger charge is -2.10. The molecule has 4 nitrogen and oxygen atoms in total. The van der Waals surface area contributed by atoms with Gasteiger partial charge in [-0.25, -0.2) is 4.39 Å². The highest BCUT2D eigenvalue weighted by molar-refractivity contribution is 6.04. The summed E-state index contributed by atoms with van der Waals surface area (Å²) in [5, 5.41) is 0. The van der Waals surface area contributed by atoms with Crippen LogP contribution in [-0.2, 0) is 22.6 Å². The van der Waals surface area contributed by atoms with Crippen molar-refractivity contribution in [3.8, 4) is 16.9 Å². The number of Topliss-reactive ketones (excluding diaryl/α,β-unsaturated/α-hetero) is 1. The normalized spacial score (nSPS) is 14.9. The molecule has 1 atom stereocenters. The smallest absolute Gasteiger partial charge is 0.306 e. The van der Waals surface area contributed by atoms with Crippen molar-refractivity contribution < 1.29 is 23.5 Å². The molecule has 3 aromatic carbocycles. The molecule has 0 saturated carbocycles.